The van der Waals surface area contributed by atoms with E-state index in [4.69, 9.17) is 4.42 Å². The van der Waals surface area contributed by atoms with Gasteiger partial charge in [0.25, 0.3) is 0 Å². The minimum atomic E-state index is -0.363. The molecule has 0 atom stereocenters. The maximum atomic E-state index is 11.9. The second-order valence-corrected chi connectivity index (χ2v) is 5.48. The smallest absolute Gasteiger partial charge is 0.309 e. The maximum Gasteiger partial charge on any atom is 0.309 e. The van der Waals surface area contributed by atoms with Crippen molar-refractivity contribution < 1.29 is 9.21 Å². The third kappa shape index (κ3) is 3.40. The molecule has 0 fully saturated rings. The van der Waals surface area contributed by atoms with Gasteiger partial charge in [0, 0.05) is 11.1 Å². The number of amides is 1. The van der Waals surface area contributed by atoms with E-state index in [2.05, 4.69) is 15.5 Å². The third-order valence-corrected chi connectivity index (χ3v) is 2.41. The zero-order valence-corrected chi connectivity index (χ0v) is 11.5. The van der Waals surface area contributed by atoms with Crippen molar-refractivity contribution >= 4 is 5.91 Å². The molecule has 0 saturated carbocycles. The second-order valence-electron chi connectivity index (χ2n) is 5.48. The zero-order chi connectivity index (χ0) is 14.0. The number of aromatic nitrogens is 2. The standard InChI is InChI=1S/C14H17N3O2/c1-9-5-7-10(8-6-9)12-16-17-13(19-12)11(18)15-14(2,3)4/h5-8H,1-4H3,(H,15,18). The van der Waals surface area contributed by atoms with Gasteiger partial charge in [0.1, 0.15) is 0 Å². The van der Waals surface area contributed by atoms with Crippen LogP contribution < -0.4 is 5.32 Å². The Kier molecular flexibility index (Phi) is 3.38. The number of benzene rings is 1. The summed E-state index contributed by atoms with van der Waals surface area (Å²) in [6.07, 6.45) is 0. The van der Waals surface area contributed by atoms with Gasteiger partial charge in [-0.3, -0.25) is 4.79 Å². The summed E-state index contributed by atoms with van der Waals surface area (Å²) >= 11 is 0. The molecule has 1 N–H and O–H groups in total. The molecular weight excluding hydrogens is 242 g/mol. The lowest BCUT2D eigenvalue weighted by atomic mass is 10.1. The summed E-state index contributed by atoms with van der Waals surface area (Å²) in [6, 6.07) is 7.67. The summed E-state index contributed by atoms with van der Waals surface area (Å²) in [6.45, 7) is 7.67. The van der Waals surface area contributed by atoms with Gasteiger partial charge in [-0.05, 0) is 39.8 Å². The minimum absolute atomic E-state index is 0.0227. The van der Waals surface area contributed by atoms with Gasteiger partial charge in [-0.15, -0.1) is 10.2 Å². The summed E-state index contributed by atoms with van der Waals surface area (Å²) in [5.41, 5.74) is 1.61. The lowest BCUT2D eigenvalue weighted by Gasteiger charge is -2.18. The van der Waals surface area contributed by atoms with Crippen molar-refractivity contribution in [3.05, 3.63) is 35.7 Å². The lowest BCUT2D eigenvalue weighted by molar-refractivity contribution is 0.0884. The van der Waals surface area contributed by atoms with Crippen molar-refractivity contribution in [3.63, 3.8) is 0 Å². The molecule has 5 heteroatoms. The molecule has 2 aromatic rings. The highest BCUT2D eigenvalue weighted by molar-refractivity contribution is 5.90. The molecule has 0 aliphatic carbocycles. The summed E-state index contributed by atoms with van der Waals surface area (Å²) in [5.74, 6) is -0.0390. The van der Waals surface area contributed by atoms with Crippen LogP contribution >= 0.6 is 0 Å². The first-order valence-electron chi connectivity index (χ1n) is 6.08. The van der Waals surface area contributed by atoms with Gasteiger partial charge in [-0.1, -0.05) is 17.7 Å². The Bertz CT molecular complexity index is 579. The predicted molar refractivity (Wildman–Crippen MR) is 71.7 cm³/mol. The molecule has 0 saturated heterocycles. The van der Waals surface area contributed by atoms with Crippen LogP contribution in [0.15, 0.2) is 28.7 Å². The first-order chi connectivity index (χ1) is 8.85. The minimum Gasteiger partial charge on any atom is -0.412 e. The average molecular weight is 259 g/mol. The SMILES string of the molecule is Cc1ccc(-c2nnc(C(=O)NC(C)(C)C)o2)cc1. The average Bonchev–Trinajstić information content (AvgIpc) is 2.77. The van der Waals surface area contributed by atoms with Gasteiger partial charge < -0.3 is 9.73 Å². The third-order valence-electron chi connectivity index (χ3n) is 2.41. The van der Waals surface area contributed by atoms with Gasteiger partial charge >= 0.3 is 11.8 Å². The molecule has 0 unspecified atom stereocenters. The van der Waals surface area contributed by atoms with Gasteiger partial charge in [0.2, 0.25) is 5.89 Å². The van der Waals surface area contributed by atoms with E-state index in [1.807, 2.05) is 52.0 Å². The van der Waals surface area contributed by atoms with Crippen molar-refractivity contribution in [2.75, 3.05) is 0 Å². The van der Waals surface area contributed by atoms with E-state index in [-0.39, 0.29) is 17.3 Å². The zero-order valence-electron chi connectivity index (χ0n) is 11.5. The Morgan fingerprint density at radius 2 is 1.79 bits per heavy atom. The molecule has 1 heterocycles. The van der Waals surface area contributed by atoms with Crippen molar-refractivity contribution in [2.45, 2.75) is 33.2 Å². The van der Waals surface area contributed by atoms with E-state index >= 15 is 0 Å². The molecule has 5 nitrogen and oxygen atoms in total. The first-order valence-corrected chi connectivity index (χ1v) is 6.08. The molecule has 0 radical (unpaired) electrons. The van der Waals surface area contributed by atoms with E-state index in [1.165, 1.54) is 0 Å². The first kappa shape index (κ1) is 13.3. The van der Waals surface area contributed by atoms with Gasteiger partial charge in [0.05, 0.1) is 0 Å². The van der Waals surface area contributed by atoms with Gasteiger partial charge in [-0.2, -0.15) is 0 Å². The summed E-state index contributed by atoms with van der Waals surface area (Å²) < 4.78 is 5.38. The number of aryl methyl sites for hydroxylation is 1. The summed E-state index contributed by atoms with van der Waals surface area (Å²) in [7, 11) is 0. The maximum absolute atomic E-state index is 11.9. The van der Waals surface area contributed by atoms with Crippen LogP contribution in [0.3, 0.4) is 0 Å². The number of rotatable bonds is 2. The van der Waals surface area contributed by atoms with Crippen LogP contribution in [0.5, 0.6) is 0 Å². The Labute approximate surface area is 112 Å². The van der Waals surface area contributed by atoms with E-state index in [1.54, 1.807) is 0 Å². The van der Waals surface area contributed by atoms with Crippen LogP contribution in [0.1, 0.15) is 37.0 Å². The van der Waals surface area contributed by atoms with E-state index in [0.717, 1.165) is 11.1 Å². The largest absolute Gasteiger partial charge is 0.412 e. The molecular formula is C14H17N3O2. The fourth-order valence-corrected chi connectivity index (χ4v) is 1.52. The summed E-state index contributed by atoms with van der Waals surface area (Å²) in [4.78, 5) is 11.9. The Hall–Kier alpha value is -2.17. The topological polar surface area (TPSA) is 68.0 Å². The van der Waals surface area contributed by atoms with E-state index in [9.17, 15) is 4.79 Å². The highest BCUT2D eigenvalue weighted by Crippen LogP contribution is 2.18. The van der Waals surface area contributed by atoms with Crippen LogP contribution in [-0.4, -0.2) is 21.6 Å². The van der Waals surface area contributed by atoms with Gasteiger partial charge in [-0.25, -0.2) is 0 Å². The number of carbonyl (C=O) groups is 1. The molecule has 100 valence electrons. The van der Waals surface area contributed by atoms with Gasteiger partial charge in [0.15, 0.2) is 0 Å². The van der Waals surface area contributed by atoms with Crippen LogP contribution in [0, 0.1) is 6.92 Å². The molecule has 1 amide bonds. The normalized spacial score (nSPS) is 11.4. The number of nitrogens with one attached hydrogen (secondary N) is 1. The van der Waals surface area contributed by atoms with Crippen molar-refractivity contribution in [1.29, 1.82) is 0 Å². The Morgan fingerprint density at radius 1 is 1.16 bits per heavy atom. The molecule has 0 spiro atoms. The second kappa shape index (κ2) is 4.84. The lowest BCUT2D eigenvalue weighted by Crippen LogP contribution is -2.40. The molecule has 1 aromatic carbocycles. The van der Waals surface area contributed by atoms with E-state index in [0.29, 0.717) is 5.89 Å². The molecule has 0 aliphatic heterocycles. The highest BCUT2D eigenvalue weighted by atomic mass is 16.4. The molecule has 2 rings (SSSR count). The van der Waals surface area contributed by atoms with Crippen molar-refractivity contribution in [3.8, 4) is 11.5 Å². The molecule has 1 aromatic heterocycles. The molecule has 0 aliphatic rings. The number of hydrogen-bond donors (Lipinski definition) is 1. The highest BCUT2D eigenvalue weighted by Gasteiger charge is 2.20. The number of carbonyl (C=O) groups excluding carboxylic acids is 1. The fourth-order valence-electron chi connectivity index (χ4n) is 1.52. The quantitative estimate of drug-likeness (QED) is 0.900. The summed E-state index contributed by atoms with van der Waals surface area (Å²) in [5, 5.41) is 10.4. The molecule has 19 heavy (non-hydrogen) atoms. The Balaban J connectivity index is 2.19. The number of nitrogens with zero attached hydrogens (tertiary/aromatic N) is 2. The van der Waals surface area contributed by atoms with Crippen LogP contribution in [0.25, 0.3) is 11.5 Å². The fraction of sp³-hybridized carbons (Fsp3) is 0.357. The Morgan fingerprint density at radius 3 is 2.37 bits per heavy atom. The van der Waals surface area contributed by atoms with Crippen LogP contribution in [0.2, 0.25) is 0 Å². The predicted octanol–water partition coefficient (Wildman–Crippen LogP) is 2.57. The molecule has 0 bridgehead atoms. The van der Waals surface area contributed by atoms with Crippen LogP contribution in [0.4, 0.5) is 0 Å². The van der Waals surface area contributed by atoms with Crippen LogP contribution in [-0.2, 0) is 0 Å². The number of hydrogen-bond acceptors (Lipinski definition) is 4. The van der Waals surface area contributed by atoms with E-state index < -0.39 is 0 Å². The monoisotopic (exact) mass is 259 g/mol. The van der Waals surface area contributed by atoms with Crippen molar-refractivity contribution in [2.24, 2.45) is 0 Å². The van der Waals surface area contributed by atoms with Crippen molar-refractivity contribution in [1.82, 2.24) is 15.5 Å².